The summed E-state index contributed by atoms with van der Waals surface area (Å²) in [5.74, 6) is -1.10. The molecular formula is C14H13F2N3O2. The minimum Gasteiger partial charge on any atom is -0.465 e. The van der Waals surface area contributed by atoms with Crippen molar-refractivity contribution >= 4 is 23.2 Å². The van der Waals surface area contributed by atoms with E-state index in [0.29, 0.717) is 0 Å². The number of benzene rings is 2. The Morgan fingerprint density at radius 1 is 1.10 bits per heavy atom. The SMILES string of the molecule is Nc1c(NC(=O)O)ccc(NCc2ccc(F)cc2)c1F. The fourth-order valence-electron chi connectivity index (χ4n) is 1.75. The summed E-state index contributed by atoms with van der Waals surface area (Å²) in [6.45, 7) is 0.280. The van der Waals surface area contributed by atoms with Gasteiger partial charge in [-0.05, 0) is 29.8 Å². The first-order chi connectivity index (χ1) is 9.97. The maximum atomic E-state index is 14.0. The summed E-state index contributed by atoms with van der Waals surface area (Å²) in [5.41, 5.74) is 6.12. The minimum absolute atomic E-state index is 0.0210. The molecule has 5 N–H and O–H groups in total. The highest BCUT2D eigenvalue weighted by molar-refractivity contribution is 5.88. The maximum Gasteiger partial charge on any atom is 0.409 e. The molecule has 0 bridgehead atoms. The van der Waals surface area contributed by atoms with Crippen LogP contribution in [-0.4, -0.2) is 11.2 Å². The number of nitrogen functional groups attached to an aromatic ring is 1. The van der Waals surface area contributed by atoms with Crippen molar-refractivity contribution in [3.8, 4) is 0 Å². The van der Waals surface area contributed by atoms with E-state index in [2.05, 4.69) is 5.32 Å². The predicted molar refractivity (Wildman–Crippen MR) is 76.2 cm³/mol. The van der Waals surface area contributed by atoms with E-state index in [9.17, 15) is 13.6 Å². The second kappa shape index (κ2) is 6.08. The molecule has 2 aromatic carbocycles. The number of carbonyl (C=O) groups is 1. The zero-order valence-electron chi connectivity index (χ0n) is 10.9. The normalized spacial score (nSPS) is 10.2. The Labute approximate surface area is 119 Å². The van der Waals surface area contributed by atoms with E-state index in [1.807, 2.05) is 5.32 Å². The van der Waals surface area contributed by atoms with Crippen LogP contribution in [0.1, 0.15) is 5.56 Å². The number of anilines is 3. The van der Waals surface area contributed by atoms with Crippen molar-refractivity contribution in [2.24, 2.45) is 0 Å². The first-order valence-corrected chi connectivity index (χ1v) is 6.03. The van der Waals surface area contributed by atoms with Crippen molar-refractivity contribution in [3.05, 3.63) is 53.6 Å². The Hall–Kier alpha value is -2.83. The summed E-state index contributed by atoms with van der Waals surface area (Å²) >= 11 is 0. The van der Waals surface area contributed by atoms with Gasteiger partial charge in [0.25, 0.3) is 0 Å². The van der Waals surface area contributed by atoms with Crippen molar-refractivity contribution in [2.75, 3.05) is 16.4 Å². The third-order valence-corrected chi connectivity index (χ3v) is 2.82. The number of amides is 1. The number of carboxylic acid groups (broad SMARTS) is 1. The van der Waals surface area contributed by atoms with Crippen LogP contribution in [0.5, 0.6) is 0 Å². The van der Waals surface area contributed by atoms with Crippen LogP contribution >= 0.6 is 0 Å². The van der Waals surface area contributed by atoms with Gasteiger partial charge < -0.3 is 16.2 Å². The molecule has 0 radical (unpaired) electrons. The van der Waals surface area contributed by atoms with Gasteiger partial charge in [-0.25, -0.2) is 13.6 Å². The molecular weight excluding hydrogens is 280 g/mol. The molecule has 2 aromatic rings. The number of nitrogens with one attached hydrogen (secondary N) is 2. The minimum atomic E-state index is -1.33. The Bertz CT molecular complexity index is 660. The van der Waals surface area contributed by atoms with Crippen molar-refractivity contribution in [1.82, 2.24) is 0 Å². The topological polar surface area (TPSA) is 87.4 Å². The molecule has 0 fully saturated rings. The largest absolute Gasteiger partial charge is 0.465 e. The van der Waals surface area contributed by atoms with Gasteiger partial charge in [-0.15, -0.1) is 0 Å². The molecule has 110 valence electrons. The lowest BCUT2D eigenvalue weighted by molar-refractivity contribution is 0.210. The van der Waals surface area contributed by atoms with E-state index in [0.717, 1.165) is 5.56 Å². The highest BCUT2D eigenvalue weighted by atomic mass is 19.1. The second-order valence-electron chi connectivity index (χ2n) is 4.30. The van der Waals surface area contributed by atoms with Crippen molar-refractivity contribution < 1.29 is 18.7 Å². The highest BCUT2D eigenvalue weighted by Crippen LogP contribution is 2.28. The lowest BCUT2D eigenvalue weighted by atomic mass is 10.2. The summed E-state index contributed by atoms with van der Waals surface area (Å²) in [6.07, 6.45) is -1.33. The third kappa shape index (κ3) is 3.59. The Morgan fingerprint density at radius 2 is 1.71 bits per heavy atom. The molecule has 0 aromatic heterocycles. The quantitative estimate of drug-likeness (QED) is 0.652. The lowest BCUT2D eigenvalue weighted by Crippen LogP contribution is -2.11. The van der Waals surface area contributed by atoms with Gasteiger partial charge in [0.1, 0.15) is 5.82 Å². The average Bonchev–Trinajstić information content (AvgIpc) is 2.44. The fraction of sp³-hybridized carbons (Fsp3) is 0.0714. The molecule has 0 aliphatic rings. The Kier molecular flexibility index (Phi) is 4.22. The highest BCUT2D eigenvalue weighted by Gasteiger charge is 2.12. The summed E-state index contributed by atoms with van der Waals surface area (Å²) in [6, 6.07) is 8.50. The molecule has 0 spiro atoms. The van der Waals surface area contributed by atoms with Gasteiger partial charge in [0, 0.05) is 6.54 Å². The summed E-state index contributed by atoms with van der Waals surface area (Å²) in [4.78, 5) is 10.5. The van der Waals surface area contributed by atoms with E-state index >= 15 is 0 Å². The van der Waals surface area contributed by atoms with E-state index < -0.39 is 11.9 Å². The predicted octanol–water partition coefficient (Wildman–Crippen LogP) is 3.25. The van der Waals surface area contributed by atoms with Crippen LogP contribution in [0.25, 0.3) is 0 Å². The molecule has 0 heterocycles. The van der Waals surface area contributed by atoms with Crippen LogP contribution in [-0.2, 0) is 6.54 Å². The molecule has 0 aliphatic carbocycles. The molecule has 2 rings (SSSR count). The second-order valence-corrected chi connectivity index (χ2v) is 4.30. The molecule has 21 heavy (non-hydrogen) atoms. The Balaban J connectivity index is 2.12. The van der Waals surface area contributed by atoms with Crippen LogP contribution in [0.3, 0.4) is 0 Å². The lowest BCUT2D eigenvalue weighted by Gasteiger charge is -2.12. The maximum absolute atomic E-state index is 14.0. The standard InChI is InChI=1S/C14H13F2N3O2/c15-9-3-1-8(2-4-9)7-18-10-5-6-11(19-14(20)21)13(17)12(10)16/h1-6,18-19H,7,17H2,(H,20,21). The van der Waals surface area contributed by atoms with Gasteiger partial charge in [-0.3, -0.25) is 5.32 Å². The molecule has 0 saturated carbocycles. The Morgan fingerprint density at radius 3 is 2.33 bits per heavy atom. The zero-order valence-corrected chi connectivity index (χ0v) is 10.9. The van der Waals surface area contributed by atoms with E-state index in [-0.39, 0.29) is 29.4 Å². The van der Waals surface area contributed by atoms with Gasteiger partial charge in [-0.1, -0.05) is 12.1 Å². The van der Waals surface area contributed by atoms with Crippen molar-refractivity contribution in [1.29, 1.82) is 0 Å². The van der Waals surface area contributed by atoms with Gasteiger partial charge >= 0.3 is 6.09 Å². The first kappa shape index (κ1) is 14.6. The van der Waals surface area contributed by atoms with Crippen LogP contribution in [0, 0.1) is 11.6 Å². The first-order valence-electron chi connectivity index (χ1n) is 6.03. The molecule has 1 amide bonds. The van der Waals surface area contributed by atoms with Crippen LogP contribution in [0.4, 0.5) is 30.6 Å². The van der Waals surface area contributed by atoms with Crippen LogP contribution in [0.15, 0.2) is 36.4 Å². The molecule has 0 saturated heterocycles. The summed E-state index contributed by atoms with van der Waals surface area (Å²) < 4.78 is 26.8. The fourth-order valence-corrected chi connectivity index (χ4v) is 1.75. The van der Waals surface area contributed by atoms with Gasteiger partial charge in [0.15, 0.2) is 5.82 Å². The number of hydrogen-bond acceptors (Lipinski definition) is 3. The van der Waals surface area contributed by atoms with Gasteiger partial charge in [0.2, 0.25) is 0 Å². The number of hydrogen-bond donors (Lipinski definition) is 4. The average molecular weight is 293 g/mol. The number of rotatable bonds is 4. The smallest absolute Gasteiger partial charge is 0.409 e. The molecule has 0 aliphatic heterocycles. The molecule has 0 atom stereocenters. The van der Waals surface area contributed by atoms with E-state index in [1.165, 1.54) is 24.3 Å². The zero-order chi connectivity index (χ0) is 15.4. The number of nitrogens with two attached hydrogens (primary N) is 1. The third-order valence-electron chi connectivity index (χ3n) is 2.82. The molecule has 7 heteroatoms. The van der Waals surface area contributed by atoms with Crippen LogP contribution in [0.2, 0.25) is 0 Å². The van der Waals surface area contributed by atoms with Gasteiger partial charge in [-0.2, -0.15) is 0 Å². The van der Waals surface area contributed by atoms with E-state index in [1.54, 1.807) is 12.1 Å². The van der Waals surface area contributed by atoms with E-state index in [4.69, 9.17) is 10.8 Å². The van der Waals surface area contributed by atoms with Crippen molar-refractivity contribution in [2.45, 2.75) is 6.54 Å². The summed E-state index contributed by atoms with van der Waals surface area (Å²) in [5, 5.41) is 13.4. The molecule has 5 nitrogen and oxygen atoms in total. The summed E-state index contributed by atoms with van der Waals surface area (Å²) in [7, 11) is 0. The number of halogens is 2. The van der Waals surface area contributed by atoms with Crippen molar-refractivity contribution in [3.63, 3.8) is 0 Å². The van der Waals surface area contributed by atoms with Gasteiger partial charge in [0.05, 0.1) is 17.1 Å². The monoisotopic (exact) mass is 293 g/mol. The van der Waals surface area contributed by atoms with Crippen LogP contribution < -0.4 is 16.4 Å². The molecule has 0 unspecified atom stereocenters.